The number of hydrazone groups is 1. The fraction of sp³-hybridized carbons (Fsp3) is 0.190. The standard InChI is InChI=1S/C21H18N4O4S/c1-11(2)8-17-24-25-18(22)15(19(26)23-21(25)30-17)10-14-6-7-16(29-14)12-4-3-5-13(9-12)20(27)28/h3-7,9-11,22H,8H2,1-2H3,(H,27,28)/b15-10-,22-18?. The number of thioether (sulfide) groups is 1. The summed E-state index contributed by atoms with van der Waals surface area (Å²) in [6.07, 6.45) is 2.20. The number of hydrogen-bond donors (Lipinski definition) is 2. The smallest absolute Gasteiger partial charge is 0.335 e. The Hall–Kier alpha value is -3.46. The second kappa shape index (κ2) is 7.75. The highest BCUT2D eigenvalue weighted by Crippen LogP contribution is 2.31. The molecule has 0 bridgehead atoms. The van der Waals surface area contributed by atoms with Crippen molar-refractivity contribution in [3.8, 4) is 11.3 Å². The van der Waals surface area contributed by atoms with E-state index < -0.39 is 11.9 Å². The molecule has 2 aliphatic heterocycles. The van der Waals surface area contributed by atoms with Crippen LogP contribution in [0.5, 0.6) is 0 Å². The topological polar surface area (TPSA) is 119 Å². The summed E-state index contributed by atoms with van der Waals surface area (Å²) in [6.45, 7) is 4.15. The highest BCUT2D eigenvalue weighted by Gasteiger charge is 2.35. The van der Waals surface area contributed by atoms with E-state index in [9.17, 15) is 9.59 Å². The van der Waals surface area contributed by atoms with E-state index in [1.807, 2.05) is 0 Å². The zero-order chi connectivity index (χ0) is 21.4. The first-order valence-electron chi connectivity index (χ1n) is 9.24. The van der Waals surface area contributed by atoms with Crippen LogP contribution < -0.4 is 0 Å². The first-order chi connectivity index (χ1) is 14.3. The number of benzene rings is 1. The maximum absolute atomic E-state index is 12.5. The molecule has 30 heavy (non-hydrogen) atoms. The van der Waals surface area contributed by atoms with Gasteiger partial charge < -0.3 is 9.52 Å². The lowest BCUT2D eigenvalue weighted by molar-refractivity contribution is -0.114. The van der Waals surface area contributed by atoms with Crippen molar-refractivity contribution in [3.63, 3.8) is 0 Å². The van der Waals surface area contributed by atoms with E-state index >= 15 is 0 Å². The van der Waals surface area contributed by atoms with Gasteiger partial charge in [-0.15, -0.1) is 0 Å². The highest BCUT2D eigenvalue weighted by molar-refractivity contribution is 8.26. The first kappa shape index (κ1) is 19.8. The van der Waals surface area contributed by atoms with Gasteiger partial charge in [-0.2, -0.15) is 15.1 Å². The van der Waals surface area contributed by atoms with E-state index in [-0.39, 0.29) is 17.0 Å². The third-order valence-corrected chi connectivity index (χ3v) is 5.32. The molecule has 2 aromatic rings. The van der Waals surface area contributed by atoms with Crippen LogP contribution in [0, 0.1) is 11.3 Å². The Morgan fingerprint density at radius 3 is 2.87 bits per heavy atom. The lowest BCUT2D eigenvalue weighted by Crippen LogP contribution is -2.35. The monoisotopic (exact) mass is 422 g/mol. The van der Waals surface area contributed by atoms with Gasteiger partial charge in [-0.3, -0.25) is 10.2 Å². The molecule has 0 spiro atoms. The molecular formula is C21H18N4O4S. The maximum Gasteiger partial charge on any atom is 0.335 e. The van der Waals surface area contributed by atoms with Crippen LogP contribution in [0.2, 0.25) is 0 Å². The SMILES string of the molecule is CC(C)CC1=NN2C(=N)/C(=C/c3ccc(-c4cccc(C(=O)O)c4)o3)C(=O)N=C2S1. The molecule has 0 aliphatic carbocycles. The lowest BCUT2D eigenvalue weighted by Gasteiger charge is -2.19. The summed E-state index contributed by atoms with van der Waals surface area (Å²) < 4.78 is 5.76. The highest BCUT2D eigenvalue weighted by atomic mass is 32.2. The van der Waals surface area contributed by atoms with E-state index in [2.05, 4.69) is 23.9 Å². The second-order valence-corrected chi connectivity index (χ2v) is 8.24. The number of fused-ring (bicyclic) bond motifs is 1. The van der Waals surface area contributed by atoms with Gasteiger partial charge in [-0.05, 0) is 48.0 Å². The Morgan fingerprint density at radius 1 is 1.33 bits per heavy atom. The van der Waals surface area contributed by atoms with Gasteiger partial charge >= 0.3 is 5.97 Å². The molecule has 4 rings (SSSR count). The average Bonchev–Trinajstić information content (AvgIpc) is 3.31. The second-order valence-electron chi connectivity index (χ2n) is 7.20. The Morgan fingerprint density at radius 2 is 2.13 bits per heavy atom. The van der Waals surface area contributed by atoms with Crippen molar-refractivity contribution < 1.29 is 19.1 Å². The van der Waals surface area contributed by atoms with Crippen molar-refractivity contribution in [2.24, 2.45) is 16.0 Å². The number of rotatable bonds is 5. The summed E-state index contributed by atoms with van der Waals surface area (Å²) in [5.41, 5.74) is 0.828. The predicted molar refractivity (Wildman–Crippen MR) is 116 cm³/mol. The summed E-state index contributed by atoms with van der Waals surface area (Å²) >= 11 is 1.31. The summed E-state index contributed by atoms with van der Waals surface area (Å²) in [7, 11) is 0. The van der Waals surface area contributed by atoms with Crippen LogP contribution in [0.1, 0.15) is 36.4 Å². The molecule has 1 amide bonds. The third kappa shape index (κ3) is 3.84. The fourth-order valence-corrected chi connectivity index (χ4v) is 4.09. The number of hydrogen-bond acceptors (Lipinski definition) is 6. The molecule has 3 heterocycles. The molecule has 0 saturated heterocycles. The van der Waals surface area contributed by atoms with E-state index in [0.29, 0.717) is 28.2 Å². The normalized spacial score (nSPS) is 17.4. The van der Waals surface area contributed by atoms with Crippen LogP contribution in [-0.4, -0.2) is 38.0 Å². The van der Waals surface area contributed by atoms with Crippen LogP contribution in [0.3, 0.4) is 0 Å². The summed E-state index contributed by atoms with van der Waals surface area (Å²) in [5.74, 6) is -0.387. The van der Waals surface area contributed by atoms with E-state index in [0.717, 1.165) is 11.5 Å². The summed E-state index contributed by atoms with van der Waals surface area (Å²) in [5, 5.41) is 24.5. The summed E-state index contributed by atoms with van der Waals surface area (Å²) in [4.78, 5) is 27.7. The Labute approximate surface area is 176 Å². The van der Waals surface area contributed by atoms with Gasteiger partial charge in [0.25, 0.3) is 5.91 Å². The number of carboxylic acid groups (broad SMARTS) is 1. The van der Waals surface area contributed by atoms with E-state index in [1.165, 1.54) is 35.0 Å². The number of aromatic carboxylic acids is 1. The number of carboxylic acids is 1. The number of carbonyl (C=O) groups excluding carboxylic acids is 1. The maximum atomic E-state index is 12.5. The number of carbonyl (C=O) groups is 2. The molecule has 1 aromatic heterocycles. The molecule has 0 unspecified atom stereocenters. The Kier molecular flexibility index (Phi) is 5.13. The van der Waals surface area contributed by atoms with Gasteiger partial charge in [0.15, 0.2) is 5.84 Å². The number of nitrogens with zero attached hydrogens (tertiary/aromatic N) is 3. The first-order valence-corrected chi connectivity index (χ1v) is 10.1. The molecule has 2 aliphatic rings. The van der Waals surface area contributed by atoms with Crippen molar-refractivity contribution in [1.82, 2.24) is 5.01 Å². The van der Waals surface area contributed by atoms with Gasteiger partial charge in [0, 0.05) is 12.0 Å². The number of furan rings is 1. The summed E-state index contributed by atoms with van der Waals surface area (Å²) in [6, 6.07) is 9.71. The number of aliphatic imine (C=N–C) groups is 1. The molecule has 9 heteroatoms. The van der Waals surface area contributed by atoms with Crippen molar-refractivity contribution in [1.29, 1.82) is 5.41 Å². The molecule has 0 radical (unpaired) electrons. The molecule has 1 aromatic carbocycles. The average molecular weight is 422 g/mol. The number of amidine groups is 2. The molecule has 0 fully saturated rings. The Bertz CT molecular complexity index is 1160. The zero-order valence-corrected chi connectivity index (χ0v) is 17.1. The van der Waals surface area contributed by atoms with Crippen LogP contribution in [0.4, 0.5) is 0 Å². The van der Waals surface area contributed by atoms with Gasteiger partial charge in [-0.1, -0.05) is 26.0 Å². The minimum atomic E-state index is -1.03. The van der Waals surface area contributed by atoms with Crippen LogP contribution in [-0.2, 0) is 4.79 Å². The quantitative estimate of drug-likeness (QED) is 0.693. The van der Waals surface area contributed by atoms with Gasteiger partial charge in [0.05, 0.1) is 11.1 Å². The van der Waals surface area contributed by atoms with E-state index in [1.54, 1.807) is 24.3 Å². The van der Waals surface area contributed by atoms with Gasteiger partial charge in [-0.25, -0.2) is 4.79 Å². The number of nitrogens with one attached hydrogen (secondary N) is 1. The third-order valence-electron chi connectivity index (χ3n) is 4.39. The van der Waals surface area contributed by atoms with Crippen LogP contribution in [0.15, 0.2) is 56.5 Å². The van der Waals surface area contributed by atoms with Gasteiger partial charge in [0.2, 0.25) is 5.17 Å². The van der Waals surface area contributed by atoms with E-state index in [4.69, 9.17) is 14.9 Å². The van der Waals surface area contributed by atoms with Crippen molar-refractivity contribution >= 4 is 45.8 Å². The lowest BCUT2D eigenvalue weighted by atomic mass is 10.1. The predicted octanol–water partition coefficient (Wildman–Crippen LogP) is 4.31. The molecule has 2 N–H and O–H groups in total. The molecule has 0 saturated carbocycles. The molecule has 0 atom stereocenters. The van der Waals surface area contributed by atoms with Crippen LogP contribution in [0.25, 0.3) is 17.4 Å². The van der Waals surface area contributed by atoms with Gasteiger partial charge in [0.1, 0.15) is 16.6 Å². The largest absolute Gasteiger partial charge is 0.478 e. The Balaban J connectivity index is 1.61. The molecular weight excluding hydrogens is 404 g/mol. The molecule has 8 nitrogen and oxygen atoms in total. The van der Waals surface area contributed by atoms with Crippen molar-refractivity contribution in [2.75, 3.05) is 0 Å². The van der Waals surface area contributed by atoms with Crippen molar-refractivity contribution in [2.45, 2.75) is 20.3 Å². The minimum absolute atomic E-state index is 0.0536. The fourth-order valence-electron chi connectivity index (χ4n) is 3.00. The zero-order valence-electron chi connectivity index (χ0n) is 16.2. The van der Waals surface area contributed by atoms with Crippen LogP contribution >= 0.6 is 11.8 Å². The minimum Gasteiger partial charge on any atom is -0.478 e. The van der Waals surface area contributed by atoms with Crippen molar-refractivity contribution in [3.05, 3.63) is 53.3 Å². The number of amides is 1. The molecule has 152 valence electrons.